The van der Waals surface area contributed by atoms with Gasteiger partial charge >= 0.3 is 0 Å². The van der Waals surface area contributed by atoms with E-state index in [0.717, 1.165) is 24.1 Å². The van der Waals surface area contributed by atoms with Crippen molar-refractivity contribution in [3.8, 4) is 0 Å². The van der Waals surface area contributed by atoms with E-state index in [1.165, 1.54) is 0 Å². The molecular formula is C15H17NO2S. The topological polar surface area (TPSA) is 43.1 Å². The molecule has 0 atom stereocenters. The van der Waals surface area contributed by atoms with Gasteiger partial charge in [-0.1, -0.05) is 25.5 Å². The largest absolute Gasteiger partial charge is 0.436 e. The van der Waals surface area contributed by atoms with Gasteiger partial charge in [-0.25, -0.2) is 4.98 Å². The molecule has 1 aromatic carbocycles. The summed E-state index contributed by atoms with van der Waals surface area (Å²) < 4.78 is 5.63. The first-order valence-electron chi connectivity index (χ1n) is 6.41. The van der Waals surface area contributed by atoms with Gasteiger partial charge in [0.1, 0.15) is 5.52 Å². The highest BCUT2D eigenvalue weighted by Crippen LogP contribution is 2.24. The molecule has 0 spiro atoms. The Morgan fingerprint density at radius 1 is 1.42 bits per heavy atom. The Kier molecular flexibility index (Phi) is 4.80. The van der Waals surface area contributed by atoms with Crippen LogP contribution in [-0.4, -0.2) is 16.5 Å². The molecule has 0 saturated heterocycles. The maximum atomic E-state index is 11.7. The number of ketones is 1. The maximum absolute atomic E-state index is 11.7. The van der Waals surface area contributed by atoms with Crippen LogP contribution in [0.4, 0.5) is 0 Å². The fourth-order valence-electron chi connectivity index (χ4n) is 1.64. The molecule has 3 nitrogen and oxygen atoms in total. The quantitative estimate of drug-likeness (QED) is 0.582. The van der Waals surface area contributed by atoms with Crippen molar-refractivity contribution in [3.05, 3.63) is 35.6 Å². The number of benzene rings is 1. The molecule has 0 aliphatic rings. The third kappa shape index (κ3) is 3.47. The van der Waals surface area contributed by atoms with Crippen LogP contribution in [0, 0.1) is 0 Å². The van der Waals surface area contributed by atoms with Gasteiger partial charge in [-0.15, -0.1) is 11.8 Å². The second-order valence-electron chi connectivity index (χ2n) is 4.30. The molecule has 1 heterocycles. The lowest BCUT2D eigenvalue weighted by Gasteiger charge is -1.98. The van der Waals surface area contributed by atoms with E-state index < -0.39 is 0 Å². The van der Waals surface area contributed by atoms with Gasteiger partial charge in [-0.2, -0.15) is 0 Å². The number of Topliss-reactive ketones (excluding diaryl/α,β-unsaturated/α-hetero) is 1. The number of nitrogens with zero attached hydrogens (tertiary/aromatic N) is 1. The summed E-state index contributed by atoms with van der Waals surface area (Å²) in [7, 11) is 0. The van der Waals surface area contributed by atoms with Crippen molar-refractivity contribution in [2.24, 2.45) is 0 Å². The Labute approximate surface area is 117 Å². The molecule has 0 fully saturated rings. The van der Waals surface area contributed by atoms with E-state index in [1.807, 2.05) is 29.7 Å². The minimum Gasteiger partial charge on any atom is -0.436 e. The van der Waals surface area contributed by atoms with Gasteiger partial charge < -0.3 is 4.42 Å². The summed E-state index contributed by atoms with van der Waals surface area (Å²) in [6.07, 6.45) is 2.29. The molecule has 0 bridgehead atoms. The average Bonchev–Trinajstić information content (AvgIpc) is 2.81. The minimum atomic E-state index is -0.0180. The molecule has 0 aliphatic carbocycles. The highest BCUT2D eigenvalue weighted by molar-refractivity contribution is 8.02. The Morgan fingerprint density at radius 2 is 2.21 bits per heavy atom. The van der Waals surface area contributed by atoms with Gasteiger partial charge in [0, 0.05) is 0 Å². The van der Waals surface area contributed by atoms with Crippen LogP contribution in [0.25, 0.3) is 16.7 Å². The van der Waals surface area contributed by atoms with Crippen LogP contribution in [0.1, 0.15) is 32.6 Å². The number of rotatable bonds is 6. The summed E-state index contributed by atoms with van der Waals surface area (Å²) in [4.78, 5) is 16.1. The number of carbonyl (C=O) groups excluding carboxylic acids is 1. The summed E-state index contributed by atoms with van der Waals surface area (Å²) >= 11 is 1.64. The fraction of sp³-hybridized carbons (Fsp3) is 0.333. The van der Waals surface area contributed by atoms with Gasteiger partial charge in [0.2, 0.25) is 5.89 Å². The molecule has 0 N–H and O–H groups in total. The van der Waals surface area contributed by atoms with Crippen LogP contribution in [0.3, 0.4) is 0 Å². The standard InChI is InChI=1S/C15H17NO2S/c1-3-4-9-19-10-12(11(2)17)15-16-13-7-5-6-8-14(13)18-15/h5-8,10H,3-4,9H2,1-2H3. The van der Waals surface area contributed by atoms with E-state index in [-0.39, 0.29) is 5.78 Å². The molecule has 4 heteroatoms. The molecular weight excluding hydrogens is 258 g/mol. The van der Waals surface area contributed by atoms with Crippen molar-refractivity contribution in [2.45, 2.75) is 26.7 Å². The van der Waals surface area contributed by atoms with E-state index in [9.17, 15) is 4.79 Å². The first-order valence-corrected chi connectivity index (χ1v) is 7.46. The average molecular weight is 275 g/mol. The molecule has 2 rings (SSSR count). The predicted molar refractivity (Wildman–Crippen MR) is 80.0 cm³/mol. The number of carbonyl (C=O) groups is 1. The van der Waals surface area contributed by atoms with Gasteiger partial charge in [-0.3, -0.25) is 4.79 Å². The monoisotopic (exact) mass is 275 g/mol. The zero-order valence-electron chi connectivity index (χ0n) is 11.2. The summed E-state index contributed by atoms with van der Waals surface area (Å²) in [5, 5.41) is 1.86. The van der Waals surface area contributed by atoms with Crippen molar-refractivity contribution in [1.29, 1.82) is 0 Å². The van der Waals surface area contributed by atoms with E-state index in [0.29, 0.717) is 17.0 Å². The van der Waals surface area contributed by atoms with Crippen molar-refractivity contribution >= 4 is 34.2 Å². The third-order valence-corrected chi connectivity index (χ3v) is 3.65. The summed E-state index contributed by atoms with van der Waals surface area (Å²) in [5.74, 6) is 1.40. The molecule has 0 saturated carbocycles. The van der Waals surface area contributed by atoms with Crippen LogP contribution in [0.5, 0.6) is 0 Å². The number of allylic oxidation sites excluding steroid dienone is 1. The highest BCUT2D eigenvalue weighted by atomic mass is 32.2. The number of thioether (sulfide) groups is 1. The number of para-hydroxylation sites is 2. The van der Waals surface area contributed by atoms with Crippen LogP contribution in [0.2, 0.25) is 0 Å². The van der Waals surface area contributed by atoms with Crippen LogP contribution in [0.15, 0.2) is 34.1 Å². The van der Waals surface area contributed by atoms with Crippen molar-refractivity contribution in [3.63, 3.8) is 0 Å². The lowest BCUT2D eigenvalue weighted by atomic mass is 10.2. The molecule has 0 unspecified atom stereocenters. The molecule has 2 aromatic rings. The predicted octanol–water partition coefficient (Wildman–Crippen LogP) is 4.29. The Bertz CT molecular complexity index is 568. The lowest BCUT2D eigenvalue weighted by Crippen LogP contribution is -1.95. The molecule has 0 amide bonds. The van der Waals surface area contributed by atoms with Crippen molar-refractivity contribution in [1.82, 2.24) is 4.98 Å². The van der Waals surface area contributed by atoms with Crippen LogP contribution < -0.4 is 0 Å². The van der Waals surface area contributed by atoms with Gasteiger partial charge in [0.25, 0.3) is 0 Å². The maximum Gasteiger partial charge on any atom is 0.231 e. The summed E-state index contributed by atoms with van der Waals surface area (Å²) in [6.45, 7) is 3.69. The van der Waals surface area contributed by atoms with E-state index in [4.69, 9.17) is 4.42 Å². The van der Waals surface area contributed by atoms with E-state index in [2.05, 4.69) is 11.9 Å². The SMILES string of the molecule is CCCCSC=C(C(C)=O)c1nc2ccccc2o1. The second kappa shape index (κ2) is 6.57. The Balaban J connectivity index is 2.25. The molecule has 100 valence electrons. The molecule has 1 aromatic heterocycles. The van der Waals surface area contributed by atoms with Gasteiger partial charge in [-0.05, 0) is 36.6 Å². The zero-order valence-corrected chi connectivity index (χ0v) is 12.0. The van der Waals surface area contributed by atoms with Crippen molar-refractivity contribution in [2.75, 3.05) is 5.75 Å². The van der Waals surface area contributed by atoms with Crippen LogP contribution >= 0.6 is 11.8 Å². The van der Waals surface area contributed by atoms with E-state index in [1.54, 1.807) is 18.7 Å². The van der Waals surface area contributed by atoms with Crippen LogP contribution in [-0.2, 0) is 4.79 Å². The number of hydrogen-bond acceptors (Lipinski definition) is 4. The highest BCUT2D eigenvalue weighted by Gasteiger charge is 2.14. The molecule has 19 heavy (non-hydrogen) atoms. The number of aromatic nitrogens is 1. The first kappa shape index (κ1) is 13.9. The Morgan fingerprint density at radius 3 is 2.89 bits per heavy atom. The molecule has 0 aliphatic heterocycles. The fourth-order valence-corrected chi connectivity index (χ4v) is 2.65. The normalized spacial score (nSPS) is 12.0. The van der Waals surface area contributed by atoms with Gasteiger partial charge in [0.05, 0.1) is 5.57 Å². The summed E-state index contributed by atoms with van der Waals surface area (Å²) in [6, 6.07) is 7.53. The molecule has 0 radical (unpaired) electrons. The second-order valence-corrected chi connectivity index (χ2v) is 5.28. The smallest absolute Gasteiger partial charge is 0.231 e. The summed E-state index contributed by atoms with van der Waals surface area (Å²) in [5.41, 5.74) is 2.05. The first-order chi connectivity index (χ1) is 9.22. The third-order valence-electron chi connectivity index (χ3n) is 2.72. The van der Waals surface area contributed by atoms with Gasteiger partial charge in [0.15, 0.2) is 11.4 Å². The minimum absolute atomic E-state index is 0.0180. The van der Waals surface area contributed by atoms with E-state index >= 15 is 0 Å². The number of oxazole rings is 1. The Hall–Kier alpha value is -1.55. The number of unbranched alkanes of at least 4 members (excludes halogenated alkanes) is 1. The number of fused-ring (bicyclic) bond motifs is 1. The van der Waals surface area contributed by atoms with Crippen molar-refractivity contribution < 1.29 is 9.21 Å². The lowest BCUT2D eigenvalue weighted by molar-refractivity contribution is -0.111. The zero-order chi connectivity index (χ0) is 13.7. The number of hydrogen-bond donors (Lipinski definition) is 0.